The number of anilines is 1. The molecule has 1 saturated heterocycles. The Morgan fingerprint density at radius 3 is 2.28 bits per heavy atom. The number of rotatable bonds is 5. The molecule has 1 aliphatic heterocycles. The Balaban J connectivity index is 0.000000398. The van der Waals surface area contributed by atoms with Gasteiger partial charge in [-0.15, -0.1) is 0 Å². The molecular weight excluding hydrogens is 452 g/mol. The summed E-state index contributed by atoms with van der Waals surface area (Å²) in [7, 11) is 1.95. The van der Waals surface area contributed by atoms with Gasteiger partial charge in [0, 0.05) is 48.7 Å². The van der Waals surface area contributed by atoms with Crippen LogP contribution in [0.25, 0.3) is 22.2 Å². The van der Waals surface area contributed by atoms with E-state index in [-0.39, 0.29) is 12.7 Å². The molecule has 1 saturated carbocycles. The summed E-state index contributed by atoms with van der Waals surface area (Å²) >= 11 is 0. The van der Waals surface area contributed by atoms with Crippen LogP contribution in [0.5, 0.6) is 5.75 Å². The van der Waals surface area contributed by atoms with Crippen molar-refractivity contribution in [1.82, 2.24) is 9.88 Å². The highest BCUT2D eigenvalue weighted by Gasteiger charge is 2.31. The number of benzene rings is 2. The van der Waals surface area contributed by atoms with E-state index in [0.29, 0.717) is 12.1 Å². The number of fused-ring (bicyclic) bond motifs is 1. The van der Waals surface area contributed by atoms with Crippen LogP contribution in [0.2, 0.25) is 0 Å². The fourth-order valence-corrected chi connectivity index (χ4v) is 4.10. The van der Waals surface area contributed by atoms with E-state index in [1.807, 2.05) is 43.4 Å². The summed E-state index contributed by atoms with van der Waals surface area (Å²) in [4.78, 5) is 0. The van der Waals surface area contributed by atoms with Gasteiger partial charge in [-0.25, -0.2) is 0 Å². The Kier molecular flexibility index (Phi) is 10.2. The van der Waals surface area contributed by atoms with E-state index in [1.54, 1.807) is 6.92 Å². The normalized spacial score (nSPS) is 15.5. The molecule has 194 valence electrons. The van der Waals surface area contributed by atoms with E-state index < -0.39 is 0 Å². The number of hydrogen-bond donors (Lipinski definition) is 3. The third kappa shape index (κ3) is 7.01. The maximum Gasteiger partial charge on any atom is 0.121 e. The van der Waals surface area contributed by atoms with Gasteiger partial charge in [0.2, 0.25) is 0 Å². The predicted molar refractivity (Wildman–Crippen MR) is 146 cm³/mol. The molecule has 2 aliphatic rings. The van der Waals surface area contributed by atoms with E-state index in [1.165, 1.54) is 0 Å². The summed E-state index contributed by atoms with van der Waals surface area (Å²) in [6.07, 6.45) is 4.31. The Hall–Kier alpha value is -3.05. The third-order valence-corrected chi connectivity index (χ3v) is 6.23. The van der Waals surface area contributed by atoms with Gasteiger partial charge in [0.25, 0.3) is 0 Å². The van der Waals surface area contributed by atoms with Gasteiger partial charge in [0.1, 0.15) is 17.9 Å². The van der Waals surface area contributed by atoms with Crippen molar-refractivity contribution in [2.75, 3.05) is 32.6 Å². The van der Waals surface area contributed by atoms with E-state index in [2.05, 4.69) is 35.9 Å². The quantitative estimate of drug-likeness (QED) is 0.419. The lowest BCUT2D eigenvalue weighted by atomic mass is 10.1. The lowest BCUT2D eigenvalue weighted by Gasteiger charge is -2.23. The Morgan fingerprint density at radius 2 is 1.75 bits per heavy atom. The van der Waals surface area contributed by atoms with Crippen molar-refractivity contribution >= 4 is 16.6 Å². The first kappa shape index (κ1) is 27.5. The average molecular weight is 493 g/mol. The first-order valence-corrected chi connectivity index (χ1v) is 12.9. The molecule has 2 fully saturated rings. The molecular formula is C29H40N4O3. The first-order valence-electron chi connectivity index (χ1n) is 12.9. The van der Waals surface area contributed by atoms with E-state index >= 15 is 0 Å². The highest BCUT2D eigenvalue weighted by molar-refractivity contribution is 5.95. The molecule has 0 amide bonds. The minimum Gasteiger partial charge on any atom is -0.490 e. The third-order valence-electron chi connectivity index (χ3n) is 6.23. The zero-order chi connectivity index (χ0) is 26.1. The fourth-order valence-electron chi connectivity index (χ4n) is 4.10. The molecule has 0 unspecified atom stereocenters. The van der Waals surface area contributed by atoms with E-state index in [9.17, 15) is 5.26 Å². The highest BCUT2D eigenvalue weighted by Crippen LogP contribution is 2.45. The van der Waals surface area contributed by atoms with Crippen molar-refractivity contribution in [3.8, 4) is 23.1 Å². The molecule has 0 atom stereocenters. The molecule has 36 heavy (non-hydrogen) atoms. The Morgan fingerprint density at radius 1 is 1.14 bits per heavy atom. The summed E-state index contributed by atoms with van der Waals surface area (Å²) in [5, 5.41) is 21.5. The second-order valence-electron chi connectivity index (χ2n) is 9.43. The van der Waals surface area contributed by atoms with Crippen LogP contribution >= 0.6 is 0 Å². The number of hydrogen-bond acceptors (Lipinski definition) is 6. The largest absolute Gasteiger partial charge is 0.490 e. The van der Waals surface area contributed by atoms with Gasteiger partial charge in [0.05, 0.1) is 30.0 Å². The van der Waals surface area contributed by atoms with Crippen molar-refractivity contribution in [2.24, 2.45) is 0 Å². The van der Waals surface area contributed by atoms with Crippen molar-refractivity contribution < 1.29 is 14.6 Å². The van der Waals surface area contributed by atoms with Crippen LogP contribution < -0.4 is 15.8 Å². The van der Waals surface area contributed by atoms with Crippen molar-refractivity contribution in [2.45, 2.75) is 64.6 Å². The number of ether oxygens (including phenoxy) is 2. The fraction of sp³-hybridized carbons (Fsp3) is 0.483. The zero-order valence-electron chi connectivity index (χ0n) is 22.0. The molecule has 4 N–H and O–H groups in total. The van der Waals surface area contributed by atoms with Gasteiger partial charge in [-0.2, -0.15) is 5.26 Å². The Bertz CT molecular complexity index is 1140. The average Bonchev–Trinajstić information content (AvgIpc) is 3.67. The molecule has 0 spiro atoms. The maximum atomic E-state index is 9.95. The number of nitrogens with two attached hydrogens (primary N) is 1. The molecule has 5 rings (SSSR count). The van der Waals surface area contributed by atoms with Gasteiger partial charge in [-0.3, -0.25) is 0 Å². The summed E-state index contributed by atoms with van der Waals surface area (Å²) in [5.74, 6) is 0.868. The number of aliphatic hydroxyl groups excluding tert-OH is 1. The summed E-state index contributed by atoms with van der Waals surface area (Å²) in [6, 6.07) is 17.4. The Labute approximate surface area is 214 Å². The minimum absolute atomic E-state index is 0.197. The van der Waals surface area contributed by atoms with Gasteiger partial charge < -0.3 is 30.2 Å². The lowest BCUT2D eigenvalue weighted by Crippen LogP contribution is -2.25. The summed E-state index contributed by atoms with van der Waals surface area (Å²) in [5.41, 5.74) is 10.4. The maximum absolute atomic E-state index is 9.95. The van der Waals surface area contributed by atoms with Crippen LogP contribution in [-0.4, -0.2) is 48.7 Å². The SMILES string of the molecule is CCO.CNC(C)C.N#Cc1c(-c2ccc(N)cc2)n(C2CC2)c2cc(OC3CCOCC3)ccc12. The molecule has 0 bridgehead atoms. The zero-order valence-corrected chi connectivity index (χ0v) is 22.0. The van der Waals surface area contributed by atoms with Crippen LogP contribution in [0, 0.1) is 11.3 Å². The smallest absolute Gasteiger partial charge is 0.121 e. The van der Waals surface area contributed by atoms with Crippen LogP contribution in [-0.2, 0) is 4.74 Å². The number of aliphatic hydroxyl groups is 1. The van der Waals surface area contributed by atoms with E-state index in [0.717, 1.165) is 78.1 Å². The van der Waals surface area contributed by atoms with Crippen molar-refractivity contribution in [3.05, 3.63) is 48.0 Å². The van der Waals surface area contributed by atoms with Gasteiger partial charge >= 0.3 is 0 Å². The van der Waals surface area contributed by atoms with Crippen molar-refractivity contribution in [3.63, 3.8) is 0 Å². The molecule has 1 aromatic heterocycles. The van der Waals surface area contributed by atoms with E-state index in [4.69, 9.17) is 20.3 Å². The first-order chi connectivity index (χ1) is 17.4. The molecule has 1 aliphatic carbocycles. The second-order valence-corrected chi connectivity index (χ2v) is 9.43. The molecule has 0 radical (unpaired) electrons. The summed E-state index contributed by atoms with van der Waals surface area (Å²) in [6.45, 7) is 7.66. The number of aromatic nitrogens is 1. The van der Waals surface area contributed by atoms with Crippen molar-refractivity contribution in [1.29, 1.82) is 5.26 Å². The van der Waals surface area contributed by atoms with Crippen LogP contribution in [0.3, 0.4) is 0 Å². The predicted octanol–water partition coefficient (Wildman–Crippen LogP) is 5.27. The molecule has 7 nitrogen and oxygen atoms in total. The molecule has 2 aromatic carbocycles. The van der Waals surface area contributed by atoms with Crippen LogP contribution in [0.15, 0.2) is 42.5 Å². The lowest BCUT2D eigenvalue weighted by molar-refractivity contribution is 0.0256. The standard InChI is InChI=1S/C23H23N3O2.C4H11N.C2H6O/c24-14-21-20-8-7-19(28-18-9-11-27-12-10-18)13-22(20)26(17-5-6-17)23(21)15-1-3-16(25)4-2-15;1-4(2)5-3;1-2-3/h1-4,7-8,13,17-18H,5-6,9-12,25H2;4-5H,1-3H3;3H,2H2,1H3. The van der Waals surface area contributed by atoms with Gasteiger partial charge in [-0.1, -0.05) is 26.0 Å². The number of nitrogen functional groups attached to an aromatic ring is 1. The van der Waals surface area contributed by atoms with Gasteiger partial charge in [-0.05, 0) is 56.6 Å². The molecule has 7 heteroatoms. The second kappa shape index (κ2) is 13.3. The number of nitriles is 1. The minimum atomic E-state index is 0.197. The highest BCUT2D eigenvalue weighted by atomic mass is 16.5. The van der Waals surface area contributed by atoms with Gasteiger partial charge in [0.15, 0.2) is 0 Å². The number of nitrogens with zero attached hydrogens (tertiary/aromatic N) is 2. The topological polar surface area (TPSA) is 105 Å². The van der Waals surface area contributed by atoms with Crippen LogP contribution in [0.4, 0.5) is 5.69 Å². The van der Waals surface area contributed by atoms with Crippen LogP contribution in [0.1, 0.15) is 58.1 Å². The summed E-state index contributed by atoms with van der Waals surface area (Å²) < 4.78 is 14.0. The monoisotopic (exact) mass is 492 g/mol. The number of nitrogens with one attached hydrogen (secondary N) is 1. The molecule has 3 aromatic rings. The molecule has 2 heterocycles.